The lowest BCUT2D eigenvalue weighted by molar-refractivity contribution is -0.136. The van der Waals surface area contributed by atoms with E-state index in [-0.39, 0.29) is 24.5 Å². The monoisotopic (exact) mass is 558 g/mol. The molecule has 1 saturated carbocycles. The molecule has 2 aliphatic rings. The van der Waals surface area contributed by atoms with Gasteiger partial charge >= 0.3 is 0 Å². The Morgan fingerprint density at radius 3 is 2.78 bits per heavy atom. The van der Waals surface area contributed by atoms with Crippen LogP contribution in [0.15, 0.2) is 83.4 Å². The number of nitrogens with zero attached hydrogens (tertiary/aromatic N) is 2. The van der Waals surface area contributed by atoms with E-state index in [9.17, 15) is 4.79 Å². The van der Waals surface area contributed by atoms with Crippen LogP contribution in [0.2, 0.25) is 0 Å². The zero-order valence-electron chi connectivity index (χ0n) is 17.0. The first kappa shape index (κ1) is 21.3. The average molecular weight is 560 g/mol. The maximum Gasteiger partial charge on any atom is 0.281 e. The Kier molecular flexibility index (Phi) is 6.06. The van der Waals surface area contributed by atoms with E-state index in [2.05, 4.69) is 31.9 Å². The van der Waals surface area contributed by atoms with Crippen molar-refractivity contribution in [2.24, 2.45) is 11.0 Å². The summed E-state index contributed by atoms with van der Waals surface area (Å²) < 4.78 is 18.7. The third-order valence-corrected chi connectivity index (χ3v) is 6.81. The molecule has 2 aromatic heterocycles. The highest BCUT2D eigenvalue weighted by atomic mass is 79.9. The molecular formula is C24H20Br2N2O4. The van der Waals surface area contributed by atoms with Crippen LogP contribution in [0.1, 0.15) is 36.8 Å². The second-order valence-electron chi connectivity index (χ2n) is 7.73. The van der Waals surface area contributed by atoms with Gasteiger partial charge in [-0.2, -0.15) is 5.10 Å². The number of hydrogen-bond acceptors (Lipinski definition) is 5. The van der Waals surface area contributed by atoms with Gasteiger partial charge in [-0.05, 0) is 89.3 Å². The van der Waals surface area contributed by atoms with Gasteiger partial charge in [0, 0.05) is 10.4 Å². The van der Waals surface area contributed by atoms with Gasteiger partial charge in [0.2, 0.25) is 0 Å². The molecule has 0 spiro atoms. The van der Waals surface area contributed by atoms with E-state index in [0.29, 0.717) is 5.75 Å². The Labute approximate surface area is 202 Å². The normalized spacial score (nSPS) is 21.5. The number of hydrogen-bond donors (Lipinski definition) is 0. The van der Waals surface area contributed by atoms with Crippen LogP contribution >= 0.6 is 31.9 Å². The van der Waals surface area contributed by atoms with Gasteiger partial charge in [0.1, 0.15) is 23.3 Å². The topological polar surface area (TPSA) is 68.2 Å². The molecule has 32 heavy (non-hydrogen) atoms. The molecule has 2 unspecified atom stereocenters. The molecule has 1 aliphatic heterocycles. The van der Waals surface area contributed by atoms with Crippen LogP contribution < -0.4 is 4.74 Å². The lowest BCUT2D eigenvalue weighted by Crippen LogP contribution is -2.34. The molecule has 0 bridgehead atoms. The van der Waals surface area contributed by atoms with Crippen LogP contribution in [0.3, 0.4) is 0 Å². The molecule has 8 heteroatoms. The maximum absolute atomic E-state index is 13.3. The number of carbonyl (C=O) groups excluding carboxylic acids is 1. The number of ether oxygens (including phenoxy) is 1. The van der Waals surface area contributed by atoms with Gasteiger partial charge in [0.15, 0.2) is 6.61 Å². The molecule has 1 aromatic carbocycles. The van der Waals surface area contributed by atoms with Crippen molar-refractivity contribution in [3.05, 3.63) is 81.0 Å². The van der Waals surface area contributed by atoms with E-state index >= 15 is 0 Å². The van der Waals surface area contributed by atoms with E-state index < -0.39 is 0 Å². The van der Waals surface area contributed by atoms with Gasteiger partial charge in [-0.1, -0.05) is 15.9 Å². The smallest absolute Gasteiger partial charge is 0.281 e. The van der Waals surface area contributed by atoms with Gasteiger partial charge in [0.25, 0.3) is 5.91 Å². The number of amides is 1. The fourth-order valence-electron chi connectivity index (χ4n) is 4.29. The van der Waals surface area contributed by atoms with Gasteiger partial charge in [-0.25, -0.2) is 5.01 Å². The number of carbonyl (C=O) groups is 1. The van der Waals surface area contributed by atoms with Crippen LogP contribution in [0.25, 0.3) is 6.08 Å². The summed E-state index contributed by atoms with van der Waals surface area (Å²) in [5.74, 6) is 1.95. The first-order chi connectivity index (χ1) is 15.6. The number of halogens is 2. The molecule has 0 radical (unpaired) electrons. The number of fused-ring (bicyclic) bond motifs is 1. The lowest BCUT2D eigenvalue weighted by Gasteiger charge is -2.27. The zero-order chi connectivity index (χ0) is 22.1. The van der Waals surface area contributed by atoms with Crippen molar-refractivity contribution in [1.29, 1.82) is 0 Å². The maximum atomic E-state index is 13.3. The minimum absolute atomic E-state index is 0.0690. The van der Waals surface area contributed by atoms with Crippen molar-refractivity contribution in [2.75, 3.05) is 6.61 Å². The van der Waals surface area contributed by atoms with Crippen LogP contribution in [-0.4, -0.2) is 23.2 Å². The molecule has 3 aromatic rings. The SMILES string of the molecule is O=C(COc1ccc(Br)cc1Br)N1N=C2/C(=C\c3ccco3)CCCC2C1c1ccco1. The minimum atomic E-state index is -0.287. The summed E-state index contributed by atoms with van der Waals surface area (Å²) in [7, 11) is 0. The molecule has 1 amide bonds. The summed E-state index contributed by atoms with van der Waals surface area (Å²) in [5.41, 5.74) is 2.02. The summed E-state index contributed by atoms with van der Waals surface area (Å²) in [4.78, 5) is 13.3. The van der Waals surface area contributed by atoms with Crippen molar-refractivity contribution in [3.63, 3.8) is 0 Å². The molecule has 164 valence electrons. The summed E-state index contributed by atoms with van der Waals surface area (Å²) in [6.45, 7) is -0.127. The Hall–Kier alpha value is -2.58. The second kappa shape index (κ2) is 9.11. The summed E-state index contributed by atoms with van der Waals surface area (Å²) >= 11 is 6.89. The predicted octanol–water partition coefficient (Wildman–Crippen LogP) is 6.60. The molecule has 0 saturated heterocycles. The molecule has 0 N–H and O–H groups in total. The van der Waals surface area contributed by atoms with Crippen molar-refractivity contribution >= 4 is 49.6 Å². The summed E-state index contributed by atoms with van der Waals surface area (Å²) in [6.07, 6.45) is 8.15. The minimum Gasteiger partial charge on any atom is -0.483 e. The largest absolute Gasteiger partial charge is 0.483 e. The van der Waals surface area contributed by atoms with E-state index in [4.69, 9.17) is 18.7 Å². The fourth-order valence-corrected chi connectivity index (χ4v) is 5.45. The quantitative estimate of drug-likeness (QED) is 0.353. The molecule has 3 heterocycles. The number of rotatable bonds is 5. The highest BCUT2D eigenvalue weighted by Crippen LogP contribution is 2.44. The lowest BCUT2D eigenvalue weighted by atomic mass is 9.79. The van der Waals surface area contributed by atoms with E-state index in [1.54, 1.807) is 12.5 Å². The Balaban J connectivity index is 1.43. The van der Waals surface area contributed by atoms with Gasteiger partial charge < -0.3 is 13.6 Å². The summed E-state index contributed by atoms with van der Waals surface area (Å²) in [5, 5.41) is 6.32. The van der Waals surface area contributed by atoms with Crippen molar-refractivity contribution in [1.82, 2.24) is 5.01 Å². The molecule has 6 nitrogen and oxygen atoms in total. The van der Waals surface area contributed by atoms with Crippen molar-refractivity contribution in [3.8, 4) is 5.75 Å². The fraction of sp³-hybridized carbons (Fsp3) is 0.250. The molecular weight excluding hydrogens is 540 g/mol. The molecule has 2 atom stereocenters. The van der Waals surface area contributed by atoms with Gasteiger partial charge in [-0.15, -0.1) is 0 Å². The number of allylic oxidation sites excluding steroid dienone is 1. The van der Waals surface area contributed by atoms with E-state index in [1.165, 1.54) is 5.01 Å². The van der Waals surface area contributed by atoms with Crippen LogP contribution in [0, 0.1) is 5.92 Å². The van der Waals surface area contributed by atoms with Crippen LogP contribution in [0.5, 0.6) is 5.75 Å². The van der Waals surface area contributed by atoms with Gasteiger partial charge in [-0.3, -0.25) is 4.79 Å². The molecule has 1 fully saturated rings. The second-order valence-corrected chi connectivity index (χ2v) is 9.50. The molecule has 5 rings (SSSR count). The zero-order valence-corrected chi connectivity index (χ0v) is 20.2. The van der Waals surface area contributed by atoms with E-state index in [0.717, 1.165) is 51.0 Å². The van der Waals surface area contributed by atoms with Gasteiger partial charge in [0.05, 0.1) is 22.7 Å². The number of furan rings is 2. The highest BCUT2D eigenvalue weighted by Gasteiger charge is 2.45. The first-order valence-electron chi connectivity index (χ1n) is 10.4. The Bertz CT molecular complexity index is 1170. The van der Waals surface area contributed by atoms with Crippen molar-refractivity contribution in [2.45, 2.75) is 25.3 Å². The number of hydrazone groups is 1. The van der Waals surface area contributed by atoms with Crippen molar-refractivity contribution < 1.29 is 18.4 Å². The summed E-state index contributed by atoms with van der Waals surface area (Å²) in [6, 6.07) is 12.8. The van der Waals surface area contributed by atoms with Crippen LogP contribution in [0.4, 0.5) is 0 Å². The molecule has 1 aliphatic carbocycles. The Morgan fingerprint density at radius 2 is 2.03 bits per heavy atom. The van der Waals surface area contributed by atoms with Crippen LogP contribution in [-0.2, 0) is 4.79 Å². The third-order valence-electron chi connectivity index (χ3n) is 5.70. The highest BCUT2D eigenvalue weighted by molar-refractivity contribution is 9.11. The standard InChI is InChI=1S/C24H20Br2N2O4/c25-16-8-9-20(19(26)13-16)32-14-22(29)28-24(21-7-3-11-31-21)18-6-1-4-15(23(18)27-28)12-17-5-2-10-30-17/h2-3,5,7-13,18,24H,1,4,6,14H2/b15-12-. The third kappa shape index (κ3) is 4.21. The predicted molar refractivity (Wildman–Crippen MR) is 127 cm³/mol. The number of benzene rings is 1. The first-order valence-corrected chi connectivity index (χ1v) is 11.9. The average Bonchev–Trinajstić information content (AvgIpc) is 3.53. The van der Waals surface area contributed by atoms with E-state index in [1.807, 2.05) is 48.5 Å². The Morgan fingerprint density at radius 1 is 1.19 bits per heavy atom.